The van der Waals surface area contributed by atoms with E-state index >= 15 is 0 Å². The van der Waals surface area contributed by atoms with Crippen LogP contribution < -0.4 is 0 Å². The summed E-state index contributed by atoms with van der Waals surface area (Å²) >= 11 is 0. The fourth-order valence-corrected chi connectivity index (χ4v) is 2.88. The summed E-state index contributed by atoms with van der Waals surface area (Å²) in [6, 6.07) is 0. The van der Waals surface area contributed by atoms with Gasteiger partial charge in [0.15, 0.2) is 0 Å². The molecule has 0 amide bonds. The van der Waals surface area contributed by atoms with Crippen LogP contribution >= 0.6 is 0 Å². The normalized spacial score (nSPS) is 11.7. The molecular formula is C17H30N2. The van der Waals surface area contributed by atoms with Crippen molar-refractivity contribution < 1.29 is 0 Å². The molecule has 1 heterocycles. The van der Waals surface area contributed by atoms with Gasteiger partial charge in [-0.2, -0.15) is 0 Å². The van der Waals surface area contributed by atoms with Gasteiger partial charge in [0.1, 0.15) is 0 Å². The molecule has 1 aromatic heterocycles. The van der Waals surface area contributed by atoms with Crippen LogP contribution in [0.5, 0.6) is 0 Å². The van der Waals surface area contributed by atoms with Gasteiger partial charge in [0.2, 0.25) is 0 Å². The summed E-state index contributed by atoms with van der Waals surface area (Å²) in [4.78, 5) is 8.96. The van der Waals surface area contributed by atoms with E-state index in [0.29, 0.717) is 0 Å². The third-order valence-electron chi connectivity index (χ3n) is 4.13. The fraction of sp³-hybridized carbons (Fsp3) is 0.765. The van der Waals surface area contributed by atoms with Crippen molar-refractivity contribution in [1.29, 1.82) is 0 Å². The molecular weight excluding hydrogens is 232 g/mol. The van der Waals surface area contributed by atoms with E-state index in [0.717, 1.165) is 0 Å². The maximum atomic E-state index is 4.65. The first-order valence-corrected chi connectivity index (χ1v) is 8.05. The first-order chi connectivity index (χ1) is 9.29. The third-order valence-corrected chi connectivity index (χ3v) is 4.13. The zero-order valence-electron chi connectivity index (χ0n) is 13.0. The lowest BCUT2D eigenvalue weighted by atomic mass is 9.72. The highest BCUT2D eigenvalue weighted by Crippen LogP contribution is 2.38. The molecule has 1 aromatic rings. The van der Waals surface area contributed by atoms with E-state index in [-0.39, 0.29) is 5.41 Å². The number of aromatic nitrogens is 2. The Hall–Kier alpha value is -0.920. The molecule has 1 rings (SSSR count). The van der Waals surface area contributed by atoms with Crippen molar-refractivity contribution in [3.8, 4) is 0 Å². The van der Waals surface area contributed by atoms with Crippen LogP contribution in [0.25, 0.3) is 0 Å². The van der Waals surface area contributed by atoms with Crippen LogP contribution in [0.4, 0.5) is 0 Å². The van der Waals surface area contributed by atoms with Gasteiger partial charge in [0.25, 0.3) is 0 Å². The van der Waals surface area contributed by atoms with Gasteiger partial charge >= 0.3 is 0 Å². The third kappa shape index (κ3) is 4.93. The van der Waals surface area contributed by atoms with E-state index in [4.69, 9.17) is 0 Å². The first kappa shape index (κ1) is 16.1. The predicted molar refractivity (Wildman–Crippen MR) is 82.3 cm³/mol. The lowest BCUT2D eigenvalue weighted by Crippen LogP contribution is -2.28. The summed E-state index contributed by atoms with van der Waals surface area (Å²) < 4.78 is 0. The van der Waals surface area contributed by atoms with Crippen LogP contribution in [0.3, 0.4) is 0 Å². The second-order valence-corrected chi connectivity index (χ2v) is 5.68. The molecule has 0 aliphatic carbocycles. The molecule has 0 spiro atoms. The molecule has 2 heteroatoms. The van der Waals surface area contributed by atoms with Gasteiger partial charge in [-0.15, -0.1) is 0 Å². The molecule has 0 aromatic carbocycles. The quantitative estimate of drug-likeness (QED) is 0.573. The molecule has 19 heavy (non-hydrogen) atoms. The Labute approximate surface area is 119 Å². The van der Waals surface area contributed by atoms with Crippen molar-refractivity contribution in [3.63, 3.8) is 0 Å². The van der Waals surface area contributed by atoms with Crippen molar-refractivity contribution in [3.05, 3.63) is 24.3 Å². The minimum absolute atomic E-state index is 0.274. The van der Waals surface area contributed by atoms with E-state index in [1.165, 1.54) is 63.5 Å². The van der Waals surface area contributed by atoms with Crippen molar-refractivity contribution in [1.82, 2.24) is 9.97 Å². The van der Waals surface area contributed by atoms with Crippen LogP contribution in [-0.4, -0.2) is 9.97 Å². The maximum Gasteiger partial charge on any atom is 0.0648 e. The molecule has 0 saturated heterocycles. The number of hydrogen-bond acceptors (Lipinski definition) is 2. The monoisotopic (exact) mass is 262 g/mol. The van der Waals surface area contributed by atoms with Crippen molar-refractivity contribution in [2.45, 2.75) is 84.0 Å². The number of hydrogen-bond donors (Lipinski definition) is 0. The summed E-state index contributed by atoms with van der Waals surface area (Å²) in [6.07, 6.45) is 17.1. The Morgan fingerprint density at radius 1 is 0.842 bits per heavy atom. The van der Waals surface area contributed by atoms with Crippen LogP contribution in [0.15, 0.2) is 18.6 Å². The Bertz CT molecular complexity index is 300. The van der Waals surface area contributed by atoms with E-state index < -0.39 is 0 Å². The summed E-state index contributed by atoms with van der Waals surface area (Å²) in [5, 5.41) is 0. The number of nitrogens with zero attached hydrogens (tertiary/aromatic N) is 2. The van der Waals surface area contributed by atoms with E-state index in [1.54, 1.807) is 6.20 Å². The second-order valence-electron chi connectivity index (χ2n) is 5.68. The Kier molecular flexibility index (Phi) is 7.69. The van der Waals surface area contributed by atoms with E-state index in [2.05, 4.69) is 30.7 Å². The van der Waals surface area contributed by atoms with Gasteiger partial charge < -0.3 is 0 Å². The van der Waals surface area contributed by atoms with Crippen LogP contribution in [0.1, 0.15) is 84.3 Å². The first-order valence-electron chi connectivity index (χ1n) is 8.05. The predicted octanol–water partition coefficient (Wildman–Crippen LogP) is 5.29. The van der Waals surface area contributed by atoms with Crippen LogP contribution in [0, 0.1) is 0 Å². The van der Waals surface area contributed by atoms with E-state index in [9.17, 15) is 0 Å². The van der Waals surface area contributed by atoms with Crippen LogP contribution in [0.2, 0.25) is 0 Å². The van der Waals surface area contributed by atoms with Gasteiger partial charge in [0, 0.05) is 24.0 Å². The highest BCUT2D eigenvalue weighted by atomic mass is 14.8. The van der Waals surface area contributed by atoms with Gasteiger partial charge in [-0.1, -0.05) is 59.3 Å². The molecule has 0 aliphatic heterocycles. The molecule has 0 fully saturated rings. The van der Waals surface area contributed by atoms with Crippen molar-refractivity contribution in [2.75, 3.05) is 0 Å². The lowest BCUT2D eigenvalue weighted by Gasteiger charge is -2.33. The molecule has 2 nitrogen and oxygen atoms in total. The Morgan fingerprint density at radius 2 is 1.37 bits per heavy atom. The molecule has 0 radical (unpaired) electrons. The largest absolute Gasteiger partial charge is 0.261 e. The average molecular weight is 262 g/mol. The minimum atomic E-state index is 0.274. The standard InChI is InChI=1S/C17H30N2/c1-4-7-10-17(11-8-5-2,12-9-6-3)16-15-18-13-14-19-16/h13-15H,4-12H2,1-3H3. The Morgan fingerprint density at radius 3 is 1.74 bits per heavy atom. The molecule has 0 unspecified atom stereocenters. The summed E-state index contributed by atoms with van der Waals surface area (Å²) in [5.74, 6) is 0. The molecule has 0 N–H and O–H groups in total. The Balaban J connectivity index is 2.94. The van der Waals surface area contributed by atoms with Crippen molar-refractivity contribution in [2.24, 2.45) is 0 Å². The zero-order valence-corrected chi connectivity index (χ0v) is 13.0. The van der Waals surface area contributed by atoms with E-state index in [1.807, 2.05) is 12.4 Å². The second kappa shape index (κ2) is 9.06. The summed E-state index contributed by atoms with van der Waals surface area (Å²) in [7, 11) is 0. The summed E-state index contributed by atoms with van der Waals surface area (Å²) in [6.45, 7) is 6.84. The average Bonchev–Trinajstić information content (AvgIpc) is 2.48. The smallest absolute Gasteiger partial charge is 0.0648 e. The minimum Gasteiger partial charge on any atom is -0.261 e. The molecule has 108 valence electrons. The maximum absolute atomic E-state index is 4.65. The molecule has 0 bridgehead atoms. The van der Waals surface area contributed by atoms with Crippen molar-refractivity contribution >= 4 is 0 Å². The van der Waals surface area contributed by atoms with Crippen LogP contribution in [-0.2, 0) is 5.41 Å². The number of unbranched alkanes of at least 4 members (excludes halogenated alkanes) is 3. The van der Waals surface area contributed by atoms with Gasteiger partial charge in [-0.3, -0.25) is 9.97 Å². The highest BCUT2D eigenvalue weighted by molar-refractivity contribution is 5.13. The fourth-order valence-electron chi connectivity index (χ4n) is 2.88. The van der Waals surface area contributed by atoms with Gasteiger partial charge in [-0.05, 0) is 19.3 Å². The van der Waals surface area contributed by atoms with Gasteiger partial charge in [-0.25, -0.2) is 0 Å². The number of rotatable bonds is 10. The molecule has 0 atom stereocenters. The SMILES string of the molecule is CCCCC(CCCC)(CCCC)c1cnccn1. The summed E-state index contributed by atoms with van der Waals surface area (Å²) in [5.41, 5.74) is 1.50. The molecule has 0 saturated carbocycles. The topological polar surface area (TPSA) is 25.8 Å². The molecule has 0 aliphatic rings. The van der Waals surface area contributed by atoms with Gasteiger partial charge in [0.05, 0.1) is 5.69 Å². The zero-order chi connectivity index (χ0) is 14.0. The highest BCUT2D eigenvalue weighted by Gasteiger charge is 2.31. The lowest BCUT2D eigenvalue weighted by molar-refractivity contribution is 0.300.